The van der Waals surface area contributed by atoms with E-state index in [1.165, 1.54) is 19.3 Å². The van der Waals surface area contributed by atoms with Crippen molar-refractivity contribution >= 4 is 46.2 Å². The third kappa shape index (κ3) is 3.77. The maximum Gasteiger partial charge on any atom is 0.244 e. The first-order chi connectivity index (χ1) is 15.0. The summed E-state index contributed by atoms with van der Waals surface area (Å²) >= 11 is 12.2. The summed E-state index contributed by atoms with van der Waals surface area (Å²) in [6, 6.07) is 13.9. The Morgan fingerprint density at radius 2 is 2.06 bits per heavy atom. The van der Waals surface area contributed by atoms with E-state index < -0.39 is 0 Å². The summed E-state index contributed by atoms with van der Waals surface area (Å²) in [5, 5.41) is 6.50. The minimum absolute atomic E-state index is 0.0604. The highest BCUT2D eigenvalue weighted by molar-refractivity contribution is 6.42. The molecule has 1 amide bonds. The maximum absolute atomic E-state index is 12.7. The molecule has 0 saturated heterocycles. The normalized spacial score (nSPS) is 25.0. The van der Waals surface area contributed by atoms with Crippen LogP contribution in [0.25, 0.3) is 10.9 Å². The van der Waals surface area contributed by atoms with E-state index in [1.807, 2.05) is 30.3 Å². The molecule has 1 aromatic heterocycles. The van der Waals surface area contributed by atoms with Gasteiger partial charge in [-0.15, -0.1) is 0 Å². The molecule has 2 aromatic carbocycles. The number of carbonyl (C=O) groups excluding carboxylic acids is 1. The molecule has 6 heteroatoms. The molecule has 2 saturated carbocycles. The van der Waals surface area contributed by atoms with Gasteiger partial charge in [-0.3, -0.25) is 4.79 Å². The van der Waals surface area contributed by atoms with E-state index in [0.717, 1.165) is 28.5 Å². The predicted molar refractivity (Wildman–Crippen MR) is 127 cm³/mol. The number of rotatable bonds is 5. The van der Waals surface area contributed by atoms with Crippen LogP contribution in [0.3, 0.4) is 0 Å². The highest BCUT2D eigenvalue weighted by Crippen LogP contribution is 2.66. The molecule has 31 heavy (non-hydrogen) atoms. The number of fused-ring (bicyclic) bond motifs is 2. The van der Waals surface area contributed by atoms with Crippen molar-refractivity contribution < 1.29 is 4.79 Å². The van der Waals surface area contributed by atoms with Crippen molar-refractivity contribution in [3.63, 3.8) is 0 Å². The molecule has 3 atom stereocenters. The van der Waals surface area contributed by atoms with Crippen molar-refractivity contribution in [2.45, 2.75) is 39.2 Å². The number of carbonyl (C=O) groups is 1. The number of benzene rings is 2. The zero-order chi connectivity index (χ0) is 21.6. The van der Waals surface area contributed by atoms with Gasteiger partial charge >= 0.3 is 0 Å². The number of amides is 1. The second-order valence-electron chi connectivity index (χ2n) is 9.05. The lowest BCUT2D eigenvalue weighted by Crippen LogP contribution is -2.22. The number of halogens is 2. The van der Waals surface area contributed by atoms with Gasteiger partial charge in [-0.25, -0.2) is 5.43 Å². The quantitative estimate of drug-likeness (QED) is 0.358. The molecule has 1 N–H and O–H groups in total. The van der Waals surface area contributed by atoms with Crippen LogP contribution in [0, 0.1) is 17.3 Å². The lowest BCUT2D eigenvalue weighted by Gasteiger charge is -2.15. The number of nitrogens with one attached hydrogen (secondary N) is 1. The van der Waals surface area contributed by atoms with Gasteiger partial charge in [0.15, 0.2) is 0 Å². The van der Waals surface area contributed by atoms with Crippen LogP contribution in [0.4, 0.5) is 0 Å². The van der Waals surface area contributed by atoms with E-state index in [1.54, 1.807) is 6.21 Å². The Morgan fingerprint density at radius 1 is 1.23 bits per heavy atom. The van der Waals surface area contributed by atoms with Crippen molar-refractivity contribution in [3.8, 4) is 0 Å². The predicted octanol–water partition coefficient (Wildman–Crippen LogP) is 6.27. The average Bonchev–Trinajstić information content (AvgIpc) is 3.26. The van der Waals surface area contributed by atoms with Gasteiger partial charge in [0.1, 0.15) is 0 Å². The van der Waals surface area contributed by atoms with Gasteiger partial charge in [0.05, 0.1) is 16.3 Å². The Morgan fingerprint density at radius 3 is 2.84 bits per heavy atom. The molecule has 0 radical (unpaired) electrons. The number of hydrazone groups is 1. The lowest BCUT2D eigenvalue weighted by atomic mass is 9.90. The molecule has 2 aliphatic carbocycles. The van der Waals surface area contributed by atoms with Crippen LogP contribution in [0.5, 0.6) is 0 Å². The van der Waals surface area contributed by atoms with Crippen LogP contribution >= 0.6 is 23.2 Å². The van der Waals surface area contributed by atoms with Gasteiger partial charge in [-0.2, -0.15) is 5.10 Å². The maximum atomic E-state index is 12.7. The van der Waals surface area contributed by atoms with Crippen molar-refractivity contribution in [3.05, 3.63) is 69.8 Å². The van der Waals surface area contributed by atoms with Gasteiger partial charge < -0.3 is 4.57 Å². The lowest BCUT2D eigenvalue weighted by molar-refractivity contribution is -0.123. The molecule has 4 nitrogen and oxygen atoms in total. The first-order valence-corrected chi connectivity index (χ1v) is 11.6. The van der Waals surface area contributed by atoms with E-state index >= 15 is 0 Å². The van der Waals surface area contributed by atoms with Gasteiger partial charge in [0.2, 0.25) is 5.91 Å². The fourth-order valence-corrected chi connectivity index (χ4v) is 5.75. The van der Waals surface area contributed by atoms with Crippen LogP contribution in [-0.2, 0) is 11.3 Å². The van der Waals surface area contributed by atoms with Gasteiger partial charge in [0, 0.05) is 35.1 Å². The second kappa shape index (κ2) is 7.99. The van der Waals surface area contributed by atoms with E-state index in [0.29, 0.717) is 22.5 Å². The van der Waals surface area contributed by atoms with Crippen LogP contribution in [-0.4, -0.2) is 16.7 Å². The van der Waals surface area contributed by atoms with Gasteiger partial charge in [-0.1, -0.05) is 67.2 Å². The minimum Gasteiger partial charge on any atom is -0.342 e. The van der Waals surface area contributed by atoms with Crippen LogP contribution in [0.15, 0.2) is 53.8 Å². The minimum atomic E-state index is 0.0604. The zero-order valence-corrected chi connectivity index (χ0v) is 19.0. The van der Waals surface area contributed by atoms with Crippen molar-refractivity contribution in [2.24, 2.45) is 22.4 Å². The van der Waals surface area contributed by atoms with Crippen molar-refractivity contribution in [2.75, 3.05) is 0 Å². The Kier molecular flexibility index (Phi) is 5.31. The molecule has 0 spiro atoms. The molecule has 5 rings (SSSR count). The second-order valence-corrected chi connectivity index (χ2v) is 9.86. The number of hydrogen-bond acceptors (Lipinski definition) is 2. The average molecular weight is 454 g/mol. The Labute approximate surface area is 192 Å². The van der Waals surface area contributed by atoms with Crippen LogP contribution in [0.1, 0.15) is 43.7 Å². The molecule has 160 valence electrons. The molecule has 2 aliphatic rings. The summed E-state index contributed by atoms with van der Waals surface area (Å²) < 4.78 is 2.16. The van der Waals surface area contributed by atoms with Crippen LogP contribution in [0.2, 0.25) is 10.0 Å². The van der Waals surface area contributed by atoms with Crippen molar-refractivity contribution in [1.82, 2.24) is 9.99 Å². The Balaban J connectivity index is 1.34. The third-order valence-electron chi connectivity index (χ3n) is 7.15. The standard InChI is InChI=1S/C25H25Cl2N3O/c1-25-11-5-4-7-19(25)23(25)24(31)29-28-13-17-15-30(22-8-3-2-6-18(17)22)14-16-9-10-20(26)21(27)12-16/h2-3,6,8-10,12-13,15,19,23H,4-5,7,11,14H2,1H3,(H,29,31)/b28-13-/t19-,23+,25+/m1/s1. The molecule has 2 fully saturated rings. The topological polar surface area (TPSA) is 46.4 Å². The summed E-state index contributed by atoms with van der Waals surface area (Å²) in [4.78, 5) is 12.7. The Hall–Kier alpha value is -2.30. The molecular formula is C25H25Cl2N3O. The van der Waals surface area contributed by atoms with Crippen LogP contribution < -0.4 is 5.43 Å². The summed E-state index contributed by atoms with van der Waals surface area (Å²) in [6.45, 7) is 2.92. The summed E-state index contributed by atoms with van der Waals surface area (Å²) in [6.07, 6.45) is 8.60. The number of para-hydroxylation sites is 1. The first kappa shape index (κ1) is 20.6. The Bertz CT molecular complexity index is 1180. The molecule has 0 unspecified atom stereocenters. The molecule has 1 heterocycles. The molecule has 0 bridgehead atoms. The highest BCUT2D eigenvalue weighted by atomic mass is 35.5. The van der Waals surface area contributed by atoms with Crippen molar-refractivity contribution in [1.29, 1.82) is 0 Å². The SMILES string of the molecule is C[C@]12CCCC[C@@H]1[C@H]2C(=O)N/N=C\c1cn(Cc2ccc(Cl)c(Cl)c2)c2ccccc12. The van der Waals surface area contributed by atoms with E-state index in [-0.39, 0.29) is 17.2 Å². The molecular weight excluding hydrogens is 429 g/mol. The third-order valence-corrected chi connectivity index (χ3v) is 7.89. The van der Waals surface area contributed by atoms with Gasteiger partial charge in [-0.05, 0) is 47.9 Å². The fourth-order valence-electron chi connectivity index (χ4n) is 5.43. The molecule has 0 aliphatic heterocycles. The van der Waals surface area contributed by atoms with E-state index in [9.17, 15) is 4.79 Å². The summed E-state index contributed by atoms with van der Waals surface area (Å²) in [5.41, 5.74) is 6.12. The summed E-state index contributed by atoms with van der Waals surface area (Å²) in [7, 11) is 0. The monoisotopic (exact) mass is 453 g/mol. The zero-order valence-electron chi connectivity index (χ0n) is 17.4. The fraction of sp³-hybridized carbons (Fsp3) is 0.360. The highest BCUT2D eigenvalue weighted by Gasteiger charge is 2.64. The number of nitrogens with zero attached hydrogens (tertiary/aromatic N) is 2. The van der Waals surface area contributed by atoms with Gasteiger partial charge in [0.25, 0.3) is 0 Å². The van der Waals surface area contributed by atoms with E-state index in [2.05, 4.69) is 40.3 Å². The van der Waals surface area contributed by atoms with E-state index in [4.69, 9.17) is 23.2 Å². The molecule has 3 aromatic rings. The summed E-state index contributed by atoms with van der Waals surface area (Å²) in [5.74, 6) is 0.706. The smallest absolute Gasteiger partial charge is 0.244 e. The largest absolute Gasteiger partial charge is 0.342 e. The first-order valence-electron chi connectivity index (χ1n) is 10.8. The number of hydrogen-bond donors (Lipinski definition) is 1. The number of aromatic nitrogens is 1.